The largest absolute Gasteiger partial charge is 0.481 e. The van der Waals surface area contributed by atoms with Gasteiger partial charge in [-0.25, -0.2) is 0 Å². The maximum atomic E-state index is 11.1. The van der Waals surface area contributed by atoms with Crippen molar-refractivity contribution in [2.45, 2.75) is 90.6 Å². The quantitative estimate of drug-likeness (QED) is 0.730. The summed E-state index contributed by atoms with van der Waals surface area (Å²) in [6, 6.07) is 0. The van der Waals surface area contributed by atoms with Crippen LogP contribution in [-0.2, 0) is 4.79 Å². The van der Waals surface area contributed by atoms with Crippen LogP contribution in [0.5, 0.6) is 0 Å². The molecule has 0 aromatic carbocycles. The number of aliphatic carboxylic acids is 1. The molecule has 0 aromatic rings. The number of aliphatic hydroxyl groups excluding tert-OH is 1. The molecule has 4 saturated carbocycles. The normalized spacial score (nSPS) is 50.6. The van der Waals surface area contributed by atoms with Crippen LogP contribution < -0.4 is 0 Å². The van der Waals surface area contributed by atoms with Crippen LogP contribution in [0.4, 0.5) is 0 Å². The van der Waals surface area contributed by atoms with Crippen molar-refractivity contribution in [1.29, 1.82) is 0 Å². The first-order valence-electron chi connectivity index (χ1n) is 11.3. The molecule has 4 rings (SSSR count). The molecule has 148 valence electrons. The summed E-state index contributed by atoms with van der Waals surface area (Å²) in [5.41, 5.74) is 0.461. The molecule has 3 nitrogen and oxygen atoms in total. The van der Waals surface area contributed by atoms with E-state index in [4.69, 9.17) is 5.11 Å². The van der Waals surface area contributed by atoms with Gasteiger partial charge >= 0.3 is 5.97 Å². The molecule has 0 aliphatic heterocycles. The van der Waals surface area contributed by atoms with Gasteiger partial charge in [-0.05, 0) is 98.2 Å². The Labute approximate surface area is 158 Å². The number of hydrogen-bond donors (Lipinski definition) is 2. The number of fused-ring (bicyclic) bond motifs is 5. The van der Waals surface area contributed by atoms with Crippen LogP contribution in [0.2, 0.25) is 0 Å². The van der Waals surface area contributed by atoms with E-state index >= 15 is 0 Å². The predicted molar refractivity (Wildman–Crippen MR) is 103 cm³/mol. The lowest BCUT2D eigenvalue weighted by atomic mass is 9.45. The van der Waals surface area contributed by atoms with Gasteiger partial charge in [0.1, 0.15) is 0 Å². The lowest BCUT2D eigenvalue weighted by molar-refractivity contribution is -0.156. The Morgan fingerprint density at radius 1 is 1.12 bits per heavy atom. The van der Waals surface area contributed by atoms with E-state index in [1.165, 1.54) is 44.9 Å². The maximum Gasteiger partial charge on any atom is 0.303 e. The van der Waals surface area contributed by atoms with Crippen LogP contribution in [0.25, 0.3) is 0 Å². The highest BCUT2D eigenvalue weighted by Gasteiger charge is 2.59. The van der Waals surface area contributed by atoms with Gasteiger partial charge in [0.05, 0.1) is 6.10 Å². The van der Waals surface area contributed by atoms with E-state index in [1.54, 1.807) is 0 Å². The average Bonchev–Trinajstić information content (AvgIpc) is 3.00. The summed E-state index contributed by atoms with van der Waals surface area (Å²) >= 11 is 0. The highest BCUT2D eigenvalue weighted by Crippen LogP contribution is 2.65. The first kappa shape index (κ1) is 18.8. The van der Waals surface area contributed by atoms with Gasteiger partial charge in [0.2, 0.25) is 0 Å². The van der Waals surface area contributed by atoms with Crippen molar-refractivity contribution in [3.63, 3.8) is 0 Å². The van der Waals surface area contributed by atoms with E-state index in [-0.39, 0.29) is 6.10 Å². The highest BCUT2D eigenvalue weighted by molar-refractivity contribution is 5.66. The van der Waals surface area contributed by atoms with Gasteiger partial charge in [0.25, 0.3) is 0 Å². The minimum atomic E-state index is -0.657. The van der Waals surface area contributed by atoms with Crippen molar-refractivity contribution in [1.82, 2.24) is 0 Å². The number of carboxylic acids is 1. The van der Waals surface area contributed by atoms with E-state index in [0.717, 1.165) is 37.0 Å². The van der Waals surface area contributed by atoms with Crippen LogP contribution in [0, 0.1) is 46.8 Å². The Hall–Kier alpha value is -0.570. The second-order valence-corrected chi connectivity index (χ2v) is 10.5. The van der Waals surface area contributed by atoms with Gasteiger partial charge in [-0.1, -0.05) is 26.7 Å². The molecule has 3 heteroatoms. The maximum absolute atomic E-state index is 11.1. The zero-order valence-corrected chi connectivity index (χ0v) is 16.7. The van der Waals surface area contributed by atoms with Crippen molar-refractivity contribution in [3.8, 4) is 0 Å². The first-order chi connectivity index (χ1) is 12.4. The van der Waals surface area contributed by atoms with Gasteiger partial charge < -0.3 is 10.2 Å². The molecule has 0 aromatic heterocycles. The molecule has 4 fully saturated rings. The summed E-state index contributed by atoms with van der Waals surface area (Å²) in [4.78, 5) is 10.9. The molecule has 4 aliphatic carbocycles. The summed E-state index contributed by atoms with van der Waals surface area (Å²) in [5, 5.41) is 20.1. The highest BCUT2D eigenvalue weighted by atomic mass is 16.4. The van der Waals surface area contributed by atoms with E-state index in [9.17, 15) is 9.90 Å². The van der Waals surface area contributed by atoms with Gasteiger partial charge in [-0.3, -0.25) is 4.79 Å². The Kier molecular flexibility index (Phi) is 5.14. The molecular formula is C23H38O3. The number of rotatable bonds is 4. The van der Waals surface area contributed by atoms with Crippen molar-refractivity contribution in [3.05, 3.63) is 0 Å². The molecule has 0 amide bonds. The molecule has 2 N–H and O–H groups in total. The van der Waals surface area contributed by atoms with Crippen molar-refractivity contribution < 1.29 is 15.0 Å². The van der Waals surface area contributed by atoms with Gasteiger partial charge in [-0.15, -0.1) is 0 Å². The zero-order valence-electron chi connectivity index (χ0n) is 16.7. The minimum absolute atomic E-state index is 0.0889. The van der Waals surface area contributed by atoms with Gasteiger partial charge in [0, 0.05) is 6.42 Å². The van der Waals surface area contributed by atoms with Crippen LogP contribution >= 0.6 is 0 Å². The second-order valence-electron chi connectivity index (χ2n) is 10.5. The summed E-state index contributed by atoms with van der Waals surface area (Å²) in [6.07, 6.45) is 12.4. The molecule has 4 aliphatic rings. The second kappa shape index (κ2) is 7.11. The van der Waals surface area contributed by atoms with E-state index in [0.29, 0.717) is 35.5 Å². The molecule has 8 unspecified atom stereocenters. The fourth-order valence-electron chi connectivity index (χ4n) is 8.36. The summed E-state index contributed by atoms with van der Waals surface area (Å²) < 4.78 is 0. The van der Waals surface area contributed by atoms with Gasteiger partial charge in [-0.2, -0.15) is 0 Å². The molecular weight excluding hydrogens is 324 g/mol. The van der Waals surface area contributed by atoms with Crippen molar-refractivity contribution >= 4 is 5.97 Å². The summed E-state index contributed by atoms with van der Waals surface area (Å²) in [7, 11) is 0. The molecule has 9 atom stereocenters. The van der Waals surface area contributed by atoms with Crippen LogP contribution in [-0.4, -0.2) is 22.3 Å². The molecule has 0 saturated heterocycles. The third-order valence-corrected chi connectivity index (χ3v) is 9.38. The molecule has 26 heavy (non-hydrogen) atoms. The molecule has 0 bridgehead atoms. The standard InChI is InChI=1S/C23H38O3/c1-14-12-18-22(19(24)13-16-7-3-4-11-23(16,18)2)17-10-9-15(21(14)17)6-5-8-20(25)26/h14-19,21-22,24H,3-13H2,1-2H3,(H,25,26)/t14?,15-,16?,17?,18?,19?,21?,22?,23?/m0/s1. The SMILES string of the molecule is CC1CC2C(C(O)CC3CCCCC32C)C2CC[C@H](CCCC(=O)O)C12. The van der Waals surface area contributed by atoms with Crippen LogP contribution in [0.15, 0.2) is 0 Å². The third kappa shape index (κ3) is 3.02. The van der Waals surface area contributed by atoms with E-state index < -0.39 is 5.97 Å². The Bertz CT molecular complexity index is 532. The summed E-state index contributed by atoms with van der Waals surface area (Å²) in [6.45, 7) is 5.03. The zero-order chi connectivity index (χ0) is 18.5. The molecule has 0 heterocycles. The average molecular weight is 363 g/mol. The Balaban J connectivity index is 1.52. The lowest BCUT2D eigenvalue weighted by Gasteiger charge is -2.61. The predicted octanol–water partition coefficient (Wildman–Crippen LogP) is 5.12. The molecule has 0 spiro atoms. The topological polar surface area (TPSA) is 57.5 Å². The van der Waals surface area contributed by atoms with E-state index in [1.807, 2.05) is 0 Å². The fourth-order valence-corrected chi connectivity index (χ4v) is 8.36. The fraction of sp³-hybridized carbons (Fsp3) is 0.957. The van der Waals surface area contributed by atoms with Crippen LogP contribution in [0.1, 0.15) is 84.5 Å². The lowest BCUT2D eigenvalue weighted by Crippen LogP contribution is -2.57. The molecule has 0 radical (unpaired) electrons. The van der Waals surface area contributed by atoms with Crippen molar-refractivity contribution in [2.24, 2.45) is 46.8 Å². The smallest absolute Gasteiger partial charge is 0.303 e. The number of aliphatic hydroxyl groups is 1. The van der Waals surface area contributed by atoms with Crippen molar-refractivity contribution in [2.75, 3.05) is 0 Å². The number of hydrogen-bond acceptors (Lipinski definition) is 2. The van der Waals surface area contributed by atoms with E-state index in [2.05, 4.69) is 13.8 Å². The minimum Gasteiger partial charge on any atom is -0.481 e. The Morgan fingerprint density at radius 3 is 2.69 bits per heavy atom. The third-order valence-electron chi connectivity index (χ3n) is 9.38. The first-order valence-corrected chi connectivity index (χ1v) is 11.3. The monoisotopic (exact) mass is 362 g/mol. The Morgan fingerprint density at radius 2 is 1.92 bits per heavy atom. The van der Waals surface area contributed by atoms with Crippen LogP contribution in [0.3, 0.4) is 0 Å². The summed E-state index contributed by atoms with van der Waals surface area (Å²) in [5.74, 6) is 4.16. The van der Waals surface area contributed by atoms with Gasteiger partial charge in [0.15, 0.2) is 0 Å². The number of carbonyl (C=O) groups is 1. The number of carboxylic acid groups (broad SMARTS) is 1.